The molecule has 2 amide bonds. The molecule has 46 heavy (non-hydrogen) atoms. The number of nitrogens with one attached hydrogen (secondary N) is 1. The van der Waals surface area contributed by atoms with Gasteiger partial charge < -0.3 is 20.7 Å². The van der Waals surface area contributed by atoms with E-state index in [-0.39, 0.29) is 70.6 Å². The number of piperidine rings is 1. The first-order valence-electron chi connectivity index (χ1n) is 14.4. The van der Waals surface area contributed by atoms with Crippen LogP contribution in [0.1, 0.15) is 66.1 Å². The molecule has 6 rings (SSSR count). The van der Waals surface area contributed by atoms with Crippen LogP contribution in [0.15, 0.2) is 30.5 Å². The third-order valence-corrected chi connectivity index (χ3v) is 8.30. The van der Waals surface area contributed by atoms with Crippen LogP contribution in [0.25, 0.3) is 16.8 Å². The molecule has 0 saturated carbocycles. The lowest BCUT2D eigenvalue weighted by atomic mass is 9.92. The van der Waals surface area contributed by atoms with Gasteiger partial charge in [-0.1, -0.05) is 0 Å². The molecule has 1 aromatic carbocycles. The third kappa shape index (κ3) is 5.47. The van der Waals surface area contributed by atoms with E-state index in [4.69, 9.17) is 10.5 Å². The largest absolute Gasteiger partial charge is 0.493 e. The number of hydrogen-bond donors (Lipinski definition) is 2. The third-order valence-electron chi connectivity index (χ3n) is 8.30. The van der Waals surface area contributed by atoms with Crippen LogP contribution >= 0.6 is 0 Å². The molecular weight excluding hydrogens is 622 g/mol. The first kappa shape index (κ1) is 31.2. The topological polar surface area (TPSA) is 133 Å². The number of nitrogen functional groups attached to an aromatic ring is 1. The fourth-order valence-corrected chi connectivity index (χ4v) is 6.22. The van der Waals surface area contributed by atoms with Crippen LogP contribution in [0.4, 0.5) is 38.0 Å². The quantitative estimate of drug-likeness (QED) is 0.272. The number of halogens is 6. The summed E-state index contributed by atoms with van der Waals surface area (Å²) in [6.45, 7) is 1.94. The van der Waals surface area contributed by atoms with Crippen LogP contribution in [-0.4, -0.2) is 60.1 Å². The number of nitrogens with zero attached hydrogens (tertiary/aromatic N) is 6. The highest BCUT2D eigenvalue weighted by Crippen LogP contribution is 2.43. The van der Waals surface area contributed by atoms with Gasteiger partial charge in [-0.3, -0.25) is 18.7 Å². The smallest absolute Gasteiger partial charge is 0.433 e. The number of alkyl halides is 6. The van der Waals surface area contributed by atoms with Crippen molar-refractivity contribution in [1.29, 1.82) is 0 Å². The zero-order valence-electron chi connectivity index (χ0n) is 24.5. The second-order valence-electron chi connectivity index (χ2n) is 11.2. The van der Waals surface area contributed by atoms with E-state index in [1.165, 1.54) is 18.2 Å². The van der Waals surface area contributed by atoms with E-state index >= 15 is 0 Å². The number of fused-ring (bicyclic) bond motifs is 2. The van der Waals surface area contributed by atoms with Gasteiger partial charge in [-0.2, -0.15) is 31.4 Å². The van der Waals surface area contributed by atoms with Crippen LogP contribution in [0.5, 0.6) is 5.75 Å². The maximum atomic E-state index is 14.4. The van der Waals surface area contributed by atoms with Gasteiger partial charge in [0, 0.05) is 49.2 Å². The molecule has 2 aliphatic heterocycles. The number of hydrogen-bond acceptors (Lipinski definition) is 7. The van der Waals surface area contributed by atoms with Gasteiger partial charge >= 0.3 is 12.4 Å². The molecule has 0 spiro atoms. The fraction of sp³-hybridized carbons (Fsp3) is 0.414. The first-order chi connectivity index (χ1) is 21.7. The highest BCUT2D eigenvalue weighted by atomic mass is 19.4. The number of ether oxygens (including phenoxy) is 1. The fourth-order valence-electron chi connectivity index (χ4n) is 6.22. The molecule has 0 bridgehead atoms. The lowest BCUT2D eigenvalue weighted by Crippen LogP contribution is -2.41. The van der Waals surface area contributed by atoms with Gasteiger partial charge in [-0.05, 0) is 44.4 Å². The number of carbonyl (C=O) groups is 2. The number of benzene rings is 1. The van der Waals surface area contributed by atoms with Crippen molar-refractivity contribution in [2.24, 2.45) is 7.05 Å². The lowest BCUT2D eigenvalue weighted by Gasteiger charge is -2.34. The minimum Gasteiger partial charge on any atom is -0.493 e. The molecule has 0 aliphatic carbocycles. The Morgan fingerprint density at radius 2 is 1.83 bits per heavy atom. The number of amides is 2. The monoisotopic (exact) mass is 650 g/mol. The normalized spacial score (nSPS) is 18.7. The molecule has 2 aliphatic rings. The first-order valence-corrected chi connectivity index (χ1v) is 14.4. The Hall–Kier alpha value is -4.83. The molecule has 17 heteroatoms. The summed E-state index contributed by atoms with van der Waals surface area (Å²) in [5.74, 6) is -1.84. The molecule has 2 saturated heterocycles. The van der Waals surface area contributed by atoms with E-state index in [0.717, 1.165) is 11.4 Å². The number of aromatic nitrogens is 5. The second-order valence-corrected chi connectivity index (χ2v) is 11.2. The van der Waals surface area contributed by atoms with Crippen molar-refractivity contribution in [3.63, 3.8) is 0 Å². The van der Waals surface area contributed by atoms with Crippen molar-refractivity contribution in [2.75, 3.05) is 24.2 Å². The Bertz CT molecular complexity index is 1850. The average molecular weight is 651 g/mol. The molecule has 5 heterocycles. The van der Waals surface area contributed by atoms with Crippen molar-refractivity contribution < 1.29 is 40.7 Å². The number of imidazole rings is 1. The van der Waals surface area contributed by atoms with Crippen molar-refractivity contribution in [1.82, 2.24) is 29.0 Å². The van der Waals surface area contributed by atoms with Crippen LogP contribution in [0.2, 0.25) is 0 Å². The second kappa shape index (κ2) is 11.2. The van der Waals surface area contributed by atoms with E-state index in [2.05, 4.69) is 20.4 Å². The predicted molar refractivity (Wildman–Crippen MR) is 152 cm³/mol. The summed E-state index contributed by atoms with van der Waals surface area (Å²) < 4.78 is 90.0. The molecule has 3 N–H and O–H groups in total. The van der Waals surface area contributed by atoms with Crippen molar-refractivity contribution in [3.05, 3.63) is 53.2 Å². The SMILES string of the molecule is CCOc1cc(C(=O)Nc2cc(C(F)(F)F)n(C)n2)ccc1-c1nc([C@@H]2CC[C@H]3CCC(=O)N3C2)n2c(C(F)(F)F)cnc(N)c12. The molecular formula is C29H28F6N8O3. The molecule has 4 aromatic rings. The Kier molecular flexibility index (Phi) is 7.59. The van der Waals surface area contributed by atoms with Gasteiger partial charge in [0.1, 0.15) is 40.0 Å². The molecule has 0 unspecified atom stereocenters. The number of rotatable bonds is 6. The van der Waals surface area contributed by atoms with Gasteiger partial charge in [0.25, 0.3) is 5.91 Å². The Balaban J connectivity index is 1.44. The molecule has 11 nitrogen and oxygen atoms in total. The van der Waals surface area contributed by atoms with Crippen LogP contribution in [0, 0.1) is 0 Å². The maximum absolute atomic E-state index is 14.4. The summed E-state index contributed by atoms with van der Waals surface area (Å²) >= 11 is 0. The summed E-state index contributed by atoms with van der Waals surface area (Å²) in [4.78, 5) is 35.8. The Morgan fingerprint density at radius 3 is 2.50 bits per heavy atom. The number of nitrogens with two attached hydrogens (primary N) is 1. The molecule has 0 radical (unpaired) electrons. The average Bonchev–Trinajstić information content (AvgIpc) is 3.67. The highest BCUT2D eigenvalue weighted by molar-refractivity contribution is 6.04. The van der Waals surface area contributed by atoms with Gasteiger partial charge in [-0.25, -0.2) is 9.97 Å². The number of carbonyl (C=O) groups excluding carboxylic acids is 2. The minimum atomic E-state index is -4.82. The summed E-state index contributed by atoms with van der Waals surface area (Å²) in [6, 6.07) is 4.77. The Morgan fingerprint density at radius 1 is 1.09 bits per heavy atom. The van der Waals surface area contributed by atoms with Gasteiger partial charge in [-0.15, -0.1) is 0 Å². The van der Waals surface area contributed by atoms with Gasteiger partial charge in [0.15, 0.2) is 5.82 Å². The standard InChI is InChI=1S/C29H28F6N8O3/c1-3-46-18-10-14(27(45)38-21-11-19(28(30,31)32)41(2)40-21)5-8-17(18)23-24-25(36)37-12-20(29(33,34)35)43(24)26(39-23)15-4-6-16-7-9-22(44)42(16)13-15/h5,8,10-12,15-16H,3-4,6-7,9,13H2,1-2H3,(H2,36,37)(H,38,40,45)/t15-,16+/m1/s1. The van der Waals surface area contributed by atoms with Crippen LogP contribution < -0.4 is 15.8 Å². The van der Waals surface area contributed by atoms with Gasteiger partial charge in [0.2, 0.25) is 5.91 Å². The Labute approximate surface area is 257 Å². The lowest BCUT2D eigenvalue weighted by molar-refractivity contribution is -0.144. The van der Waals surface area contributed by atoms with E-state index < -0.39 is 35.6 Å². The maximum Gasteiger partial charge on any atom is 0.433 e. The van der Waals surface area contributed by atoms with E-state index in [9.17, 15) is 35.9 Å². The van der Waals surface area contributed by atoms with E-state index in [1.807, 2.05) is 0 Å². The minimum absolute atomic E-state index is 0.0240. The summed E-state index contributed by atoms with van der Waals surface area (Å²) in [5, 5.41) is 6.01. The summed E-state index contributed by atoms with van der Waals surface area (Å²) in [6.07, 6.45) is -6.68. The molecule has 2 atom stereocenters. The predicted octanol–water partition coefficient (Wildman–Crippen LogP) is 5.27. The zero-order chi connectivity index (χ0) is 33.1. The van der Waals surface area contributed by atoms with Crippen LogP contribution in [0.3, 0.4) is 0 Å². The van der Waals surface area contributed by atoms with Crippen LogP contribution in [-0.2, 0) is 24.2 Å². The van der Waals surface area contributed by atoms with E-state index in [1.54, 1.807) is 11.8 Å². The highest BCUT2D eigenvalue weighted by Gasteiger charge is 2.42. The summed E-state index contributed by atoms with van der Waals surface area (Å²) in [5.41, 5.74) is 4.12. The molecule has 244 valence electrons. The number of anilines is 2. The molecule has 2 fully saturated rings. The van der Waals surface area contributed by atoms with Crippen molar-refractivity contribution >= 4 is 29.0 Å². The van der Waals surface area contributed by atoms with Crippen molar-refractivity contribution in [3.8, 4) is 17.0 Å². The zero-order valence-corrected chi connectivity index (χ0v) is 24.5. The molecule has 3 aromatic heterocycles. The summed E-state index contributed by atoms with van der Waals surface area (Å²) in [7, 11) is 1.09. The van der Waals surface area contributed by atoms with Gasteiger partial charge in [0.05, 0.1) is 12.8 Å². The van der Waals surface area contributed by atoms with E-state index in [0.29, 0.717) is 42.6 Å². The van der Waals surface area contributed by atoms with Crippen molar-refractivity contribution in [2.45, 2.75) is 56.9 Å². The number of aryl methyl sites for hydroxylation is 1.